The first kappa shape index (κ1) is 27.6. The normalized spacial score (nSPS) is 17.4. The van der Waals surface area contributed by atoms with Gasteiger partial charge >= 0.3 is 5.97 Å². The molecule has 1 aliphatic rings. The molecule has 11 nitrogen and oxygen atoms in total. The summed E-state index contributed by atoms with van der Waals surface area (Å²) in [5, 5.41) is 25.0. The number of aromatic nitrogens is 1. The number of carboxylic acids is 1. The minimum atomic E-state index is -1.23. The molecule has 0 radical (unpaired) electrons. The molecule has 1 saturated heterocycles. The number of carbonyl (C=O) groups is 4. The Hall–Kier alpha value is -4.38. The van der Waals surface area contributed by atoms with E-state index in [1.54, 1.807) is 12.1 Å². The van der Waals surface area contributed by atoms with Gasteiger partial charge in [0.2, 0.25) is 17.7 Å². The van der Waals surface area contributed by atoms with Crippen LogP contribution in [0.1, 0.15) is 30.9 Å². The van der Waals surface area contributed by atoms with Crippen molar-refractivity contribution in [1.29, 1.82) is 0 Å². The van der Waals surface area contributed by atoms with Gasteiger partial charge in [-0.15, -0.1) is 0 Å². The Morgan fingerprint density at radius 1 is 1.08 bits per heavy atom. The molecule has 0 spiro atoms. The number of hydrogen-bond donors (Lipinski definition) is 6. The maximum atomic E-state index is 13.2. The molecule has 4 atom stereocenters. The third-order valence-corrected chi connectivity index (χ3v) is 7.01. The zero-order chi connectivity index (χ0) is 28.1. The van der Waals surface area contributed by atoms with Crippen molar-refractivity contribution in [2.45, 2.75) is 56.8 Å². The minimum absolute atomic E-state index is 0.00123. The van der Waals surface area contributed by atoms with Crippen LogP contribution in [0, 0.1) is 0 Å². The van der Waals surface area contributed by atoms with E-state index in [4.69, 9.17) is 5.73 Å². The Morgan fingerprint density at radius 2 is 1.79 bits per heavy atom. The van der Waals surface area contributed by atoms with Crippen LogP contribution in [0.25, 0.3) is 10.9 Å². The second-order valence-corrected chi connectivity index (χ2v) is 9.86. The van der Waals surface area contributed by atoms with Crippen LogP contribution in [0.5, 0.6) is 5.75 Å². The third kappa shape index (κ3) is 6.55. The van der Waals surface area contributed by atoms with Crippen LogP contribution in [0.3, 0.4) is 0 Å². The number of likely N-dealkylation sites (tertiary alicyclic amines) is 1. The molecule has 3 amide bonds. The first-order valence-electron chi connectivity index (χ1n) is 12.9. The van der Waals surface area contributed by atoms with Gasteiger partial charge in [0.05, 0.1) is 6.04 Å². The molecular weight excluding hydrogens is 502 g/mol. The van der Waals surface area contributed by atoms with Crippen molar-refractivity contribution < 1.29 is 29.4 Å². The maximum Gasteiger partial charge on any atom is 0.326 e. The lowest BCUT2D eigenvalue weighted by Gasteiger charge is -2.28. The van der Waals surface area contributed by atoms with Crippen LogP contribution in [0.15, 0.2) is 54.7 Å². The zero-order valence-electron chi connectivity index (χ0n) is 21.6. The highest BCUT2D eigenvalue weighted by atomic mass is 16.4. The number of carbonyl (C=O) groups excluding carboxylic acids is 3. The van der Waals surface area contributed by atoms with Crippen molar-refractivity contribution in [3.05, 3.63) is 65.9 Å². The number of benzene rings is 2. The monoisotopic (exact) mass is 535 g/mol. The van der Waals surface area contributed by atoms with E-state index in [-0.39, 0.29) is 18.1 Å². The van der Waals surface area contributed by atoms with Gasteiger partial charge in [-0.3, -0.25) is 14.4 Å². The number of nitrogens with two attached hydrogens (primary N) is 1. The highest BCUT2D eigenvalue weighted by Gasteiger charge is 2.37. The number of fused-ring (bicyclic) bond motifs is 1. The van der Waals surface area contributed by atoms with Gasteiger partial charge < -0.3 is 36.5 Å². The molecule has 0 bridgehead atoms. The number of H-pyrrole nitrogens is 1. The Kier molecular flexibility index (Phi) is 8.50. The van der Waals surface area contributed by atoms with E-state index >= 15 is 0 Å². The largest absolute Gasteiger partial charge is 0.508 e. The highest BCUT2D eigenvalue weighted by molar-refractivity contribution is 5.94. The van der Waals surface area contributed by atoms with Gasteiger partial charge in [0.15, 0.2) is 0 Å². The molecule has 1 fully saturated rings. The molecule has 4 unspecified atom stereocenters. The molecule has 1 aliphatic heterocycles. The Bertz CT molecular complexity index is 1350. The number of aromatic hydroxyl groups is 1. The van der Waals surface area contributed by atoms with Crippen LogP contribution >= 0.6 is 0 Å². The standard InChI is InChI=1S/C28H33N5O6/c1-16(25(35)32-23(28(38)39)13-17-8-10-19(34)11-9-17)31-26(36)24-7-4-12-33(24)27(37)21(29)14-18-15-30-22-6-3-2-5-20(18)22/h2-3,5-6,8-11,15-16,21,23-24,30,34H,4,7,12-14,29H2,1H3,(H,31,36)(H,32,35)(H,38,39). The third-order valence-electron chi connectivity index (χ3n) is 7.01. The number of phenols is 1. The van der Waals surface area contributed by atoms with E-state index in [0.29, 0.717) is 31.4 Å². The van der Waals surface area contributed by atoms with Crippen molar-refractivity contribution in [1.82, 2.24) is 20.5 Å². The van der Waals surface area contributed by atoms with Crippen LogP contribution in [-0.2, 0) is 32.0 Å². The molecule has 4 rings (SSSR count). The first-order valence-corrected chi connectivity index (χ1v) is 12.9. The molecule has 11 heteroatoms. The van der Waals surface area contributed by atoms with Crippen LogP contribution < -0.4 is 16.4 Å². The zero-order valence-corrected chi connectivity index (χ0v) is 21.6. The van der Waals surface area contributed by atoms with Gasteiger partial charge in [-0.2, -0.15) is 0 Å². The lowest BCUT2D eigenvalue weighted by Crippen LogP contribution is -2.56. The number of nitrogens with one attached hydrogen (secondary N) is 3. The molecule has 0 aliphatic carbocycles. The first-order chi connectivity index (χ1) is 18.6. The molecule has 3 aromatic rings. The van der Waals surface area contributed by atoms with E-state index in [0.717, 1.165) is 16.5 Å². The van der Waals surface area contributed by atoms with Gasteiger partial charge in [-0.25, -0.2) is 4.79 Å². The molecule has 0 saturated carbocycles. The molecule has 1 aromatic heterocycles. The highest BCUT2D eigenvalue weighted by Crippen LogP contribution is 2.22. The Morgan fingerprint density at radius 3 is 2.51 bits per heavy atom. The average molecular weight is 536 g/mol. The van der Waals surface area contributed by atoms with E-state index in [1.807, 2.05) is 30.5 Å². The summed E-state index contributed by atoms with van der Waals surface area (Å²) in [7, 11) is 0. The van der Waals surface area contributed by atoms with Gasteiger partial charge in [0, 0.05) is 30.1 Å². The Balaban J connectivity index is 1.34. The fourth-order valence-electron chi connectivity index (χ4n) is 4.88. The van der Waals surface area contributed by atoms with Crippen molar-refractivity contribution >= 4 is 34.6 Å². The van der Waals surface area contributed by atoms with Crippen molar-refractivity contribution in [2.75, 3.05) is 6.54 Å². The summed E-state index contributed by atoms with van der Waals surface area (Å²) in [5.41, 5.74) is 8.75. The number of hydrogen-bond acceptors (Lipinski definition) is 6. The average Bonchev–Trinajstić information content (AvgIpc) is 3.56. The smallest absolute Gasteiger partial charge is 0.326 e. The van der Waals surface area contributed by atoms with Gasteiger partial charge in [-0.05, 0) is 55.5 Å². The van der Waals surface area contributed by atoms with Gasteiger partial charge in [0.25, 0.3) is 0 Å². The number of rotatable bonds is 10. The predicted octanol–water partition coefficient (Wildman–Crippen LogP) is 1.05. The van der Waals surface area contributed by atoms with Crippen molar-refractivity contribution in [2.24, 2.45) is 5.73 Å². The minimum Gasteiger partial charge on any atom is -0.508 e. The number of phenolic OH excluding ortho intramolecular Hbond substituents is 1. The summed E-state index contributed by atoms with van der Waals surface area (Å²) in [6.07, 6.45) is 3.20. The van der Waals surface area contributed by atoms with Crippen molar-refractivity contribution in [3.8, 4) is 5.75 Å². The summed E-state index contributed by atoms with van der Waals surface area (Å²) in [4.78, 5) is 55.3. The fourth-order valence-corrected chi connectivity index (χ4v) is 4.88. The van der Waals surface area contributed by atoms with E-state index in [9.17, 15) is 29.4 Å². The summed E-state index contributed by atoms with van der Waals surface area (Å²) >= 11 is 0. The SMILES string of the molecule is CC(NC(=O)C1CCCN1C(=O)C(N)Cc1c[nH]c2ccccc12)C(=O)NC(Cc1ccc(O)cc1)C(=O)O. The number of aromatic amines is 1. The Labute approximate surface area is 225 Å². The number of carboxylic acid groups (broad SMARTS) is 1. The molecule has 7 N–H and O–H groups in total. The summed E-state index contributed by atoms with van der Waals surface area (Å²) in [6, 6.07) is 9.85. The quantitative estimate of drug-likeness (QED) is 0.225. The van der Waals surface area contributed by atoms with E-state index < -0.39 is 42.0 Å². The van der Waals surface area contributed by atoms with Crippen LogP contribution in [-0.4, -0.2) is 74.5 Å². The number of nitrogens with zero attached hydrogens (tertiary/aromatic N) is 1. The second kappa shape index (κ2) is 12.0. The van der Waals surface area contributed by atoms with E-state index in [1.165, 1.54) is 24.0 Å². The summed E-state index contributed by atoms with van der Waals surface area (Å²) < 4.78 is 0. The molecule has 2 aromatic carbocycles. The maximum absolute atomic E-state index is 13.2. The number of para-hydroxylation sites is 1. The lowest BCUT2D eigenvalue weighted by atomic mass is 10.0. The topological polar surface area (TPSA) is 178 Å². The van der Waals surface area contributed by atoms with Crippen molar-refractivity contribution in [3.63, 3.8) is 0 Å². The molecule has 2 heterocycles. The lowest BCUT2D eigenvalue weighted by molar-refractivity contribution is -0.143. The summed E-state index contributed by atoms with van der Waals surface area (Å²) in [6.45, 7) is 1.84. The number of amides is 3. The van der Waals surface area contributed by atoms with Gasteiger partial charge in [-0.1, -0.05) is 30.3 Å². The summed E-state index contributed by atoms with van der Waals surface area (Å²) in [5.74, 6) is -2.68. The van der Waals surface area contributed by atoms with Crippen LogP contribution in [0.2, 0.25) is 0 Å². The van der Waals surface area contributed by atoms with Gasteiger partial charge in [0.1, 0.15) is 23.9 Å². The fraction of sp³-hybridized carbons (Fsp3) is 0.357. The molecule has 39 heavy (non-hydrogen) atoms. The molecule has 206 valence electrons. The number of aliphatic carboxylic acids is 1. The predicted molar refractivity (Wildman–Crippen MR) is 144 cm³/mol. The molecular formula is C28H33N5O6. The van der Waals surface area contributed by atoms with Crippen LogP contribution in [0.4, 0.5) is 0 Å². The second-order valence-electron chi connectivity index (χ2n) is 9.86. The van der Waals surface area contributed by atoms with E-state index in [2.05, 4.69) is 15.6 Å².